The third-order valence-corrected chi connectivity index (χ3v) is 4.80. The molecule has 142 valence electrons. The molecule has 3 rings (SSSR count). The van der Waals surface area contributed by atoms with E-state index in [1.165, 1.54) is 0 Å². The van der Waals surface area contributed by atoms with Crippen LogP contribution in [-0.2, 0) is 16.0 Å². The van der Waals surface area contributed by atoms with Crippen molar-refractivity contribution in [1.29, 1.82) is 0 Å². The summed E-state index contributed by atoms with van der Waals surface area (Å²) in [5, 5.41) is 14.7. The van der Waals surface area contributed by atoms with Crippen LogP contribution in [0.5, 0.6) is 0 Å². The summed E-state index contributed by atoms with van der Waals surface area (Å²) < 4.78 is 11.1. The molecule has 0 atom stereocenters. The molecule has 1 aromatic carbocycles. The highest BCUT2D eigenvalue weighted by Crippen LogP contribution is 2.30. The number of fused-ring (bicyclic) bond motifs is 2. The van der Waals surface area contributed by atoms with Gasteiger partial charge in [0.1, 0.15) is 16.9 Å². The number of hydrogen-bond acceptors (Lipinski definition) is 6. The Morgan fingerprint density at radius 3 is 2.41 bits per heavy atom. The number of carbonyl (C=O) groups excluding carboxylic acids is 2. The van der Waals surface area contributed by atoms with E-state index < -0.39 is 11.6 Å². The van der Waals surface area contributed by atoms with Crippen molar-refractivity contribution >= 4 is 33.8 Å². The standard InChI is InChI=1S/C20H21NO6/c1-10-12(3)26-16-9-17-14(7-13(10)16)11(2)15(20(25)27-17)8-18(22)21-6-4-5-19(23)24/h7,9H,4-6,8H2,1-3H3,(H,21,22)(H,23,24)/p-1. The highest BCUT2D eigenvalue weighted by molar-refractivity contribution is 5.97. The number of rotatable bonds is 6. The Hall–Kier alpha value is -3.09. The van der Waals surface area contributed by atoms with Crippen LogP contribution in [-0.4, -0.2) is 18.4 Å². The second-order valence-corrected chi connectivity index (χ2v) is 6.62. The van der Waals surface area contributed by atoms with Gasteiger partial charge in [-0.25, -0.2) is 4.79 Å². The van der Waals surface area contributed by atoms with E-state index in [0.29, 0.717) is 16.7 Å². The van der Waals surface area contributed by atoms with Gasteiger partial charge in [0.15, 0.2) is 0 Å². The van der Waals surface area contributed by atoms with E-state index in [1.807, 2.05) is 19.9 Å². The number of aliphatic carboxylic acids is 1. The van der Waals surface area contributed by atoms with E-state index in [4.69, 9.17) is 8.83 Å². The molecule has 3 aromatic rings. The van der Waals surface area contributed by atoms with Crippen molar-refractivity contribution in [2.45, 2.75) is 40.0 Å². The summed E-state index contributed by atoms with van der Waals surface area (Å²) in [6, 6.07) is 3.61. The zero-order valence-electron chi connectivity index (χ0n) is 15.4. The van der Waals surface area contributed by atoms with Gasteiger partial charge >= 0.3 is 5.63 Å². The minimum atomic E-state index is -1.16. The number of nitrogens with one attached hydrogen (secondary N) is 1. The average Bonchev–Trinajstić information content (AvgIpc) is 2.88. The average molecular weight is 370 g/mol. The molecular weight excluding hydrogens is 350 g/mol. The molecule has 0 aliphatic carbocycles. The van der Waals surface area contributed by atoms with Crippen molar-refractivity contribution in [2.24, 2.45) is 0 Å². The smallest absolute Gasteiger partial charge is 0.340 e. The Balaban J connectivity index is 1.90. The van der Waals surface area contributed by atoms with Crippen LogP contribution in [0.4, 0.5) is 0 Å². The largest absolute Gasteiger partial charge is 0.550 e. The lowest BCUT2D eigenvalue weighted by Crippen LogP contribution is -2.30. The maximum atomic E-state index is 12.4. The monoisotopic (exact) mass is 370 g/mol. The lowest BCUT2D eigenvalue weighted by molar-refractivity contribution is -0.305. The number of amides is 1. The first kappa shape index (κ1) is 18.7. The van der Waals surface area contributed by atoms with Gasteiger partial charge in [0.2, 0.25) is 5.91 Å². The molecule has 0 unspecified atom stereocenters. The molecule has 0 saturated heterocycles. The molecule has 27 heavy (non-hydrogen) atoms. The number of carbonyl (C=O) groups is 2. The highest BCUT2D eigenvalue weighted by atomic mass is 16.4. The fourth-order valence-electron chi connectivity index (χ4n) is 3.11. The third-order valence-electron chi connectivity index (χ3n) is 4.80. The van der Waals surface area contributed by atoms with Gasteiger partial charge in [0.05, 0.1) is 12.0 Å². The molecule has 7 nitrogen and oxygen atoms in total. The minimum absolute atomic E-state index is 0.128. The molecule has 0 spiro atoms. The van der Waals surface area contributed by atoms with Gasteiger partial charge in [0, 0.05) is 29.4 Å². The summed E-state index contributed by atoms with van der Waals surface area (Å²) >= 11 is 0. The lowest BCUT2D eigenvalue weighted by atomic mass is 10.0. The molecule has 0 saturated carbocycles. The van der Waals surface area contributed by atoms with Gasteiger partial charge in [-0.05, 0) is 50.8 Å². The molecule has 0 aliphatic rings. The molecular formula is C20H20NO6-. The van der Waals surface area contributed by atoms with Crippen molar-refractivity contribution in [2.75, 3.05) is 6.54 Å². The van der Waals surface area contributed by atoms with Gasteiger partial charge in [-0.3, -0.25) is 4.79 Å². The molecule has 2 heterocycles. The van der Waals surface area contributed by atoms with Gasteiger partial charge in [0.25, 0.3) is 0 Å². The van der Waals surface area contributed by atoms with E-state index in [9.17, 15) is 19.5 Å². The van der Waals surface area contributed by atoms with Crippen molar-refractivity contribution in [1.82, 2.24) is 5.32 Å². The van der Waals surface area contributed by atoms with Crippen LogP contribution in [0.15, 0.2) is 25.8 Å². The Bertz CT molecular complexity index is 1110. The number of furan rings is 1. The predicted molar refractivity (Wildman–Crippen MR) is 97.4 cm³/mol. The van der Waals surface area contributed by atoms with E-state index in [1.54, 1.807) is 13.0 Å². The van der Waals surface area contributed by atoms with E-state index >= 15 is 0 Å². The topological polar surface area (TPSA) is 113 Å². The van der Waals surface area contributed by atoms with E-state index in [0.717, 1.165) is 22.1 Å². The molecule has 0 bridgehead atoms. The van der Waals surface area contributed by atoms with E-state index in [2.05, 4.69) is 5.32 Å². The fraction of sp³-hybridized carbons (Fsp3) is 0.350. The minimum Gasteiger partial charge on any atom is -0.550 e. The number of carboxylic acids is 1. The van der Waals surface area contributed by atoms with Crippen LogP contribution >= 0.6 is 0 Å². The number of aryl methyl sites for hydroxylation is 3. The summed E-state index contributed by atoms with van der Waals surface area (Å²) in [4.78, 5) is 34.8. The second-order valence-electron chi connectivity index (χ2n) is 6.62. The highest BCUT2D eigenvalue weighted by Gasteiger charge is 2.17. The molecule has 0 radical (unpaired) electrons. The van der Waals surface area contributed by atoms with Crippen molar-refractivity contribution in [3.05, 3.63) is 45.0 Å². The molecule has 2 aromatic heterocycles. The normalized spacial score (nSPS) is 11.2. The fourth-order valence-corrected chi connectivity index (χ4v) is 3.11. The lowest BCUT2D eigenvalue weighted by Gasteiger charge is -2.09. The third kappa shape index (κ3) is 3.72. The van der Waals surface area contributed by atoms with Gasteiger partial charge in [-0.15, -0.1) is 0 Å². The molecule has 0 fully saturated rings. The van der Waals surface area contributed by atoms with Crippen LogP contribution in [0.2, 0.25) is 0 Å². The van der Waals surface area contributed by atoms with Gasteiger partial charge in [-0.1, -0.05) is 0 Å². The van der Waals surface area contributed by atoms with Gasteiger partial charge < -0.3 is 24.1 Å². The second kappa shape index (κ2) is 7.26. The number of carboxylic acid groups (broad SMARTS) is 1. The zero-order chi connectivity index (χ0) is 19.7. The van der Waals surface area contributed by atoms with Crippen molar-refractivity contribution < 1.29 is 23.5 Å². The van der Waals surface area contributed by atoms with Crippen LogP contribution in [0.1, 0.15) is 35.3 Å². The molecule has 1 N–H and O–H groups in total. The molecule has 0 aliphatic heterocycles. The maximum Gasteiger partial charge on any atom is 0.340 e. The van der Waals surface area contributed by atoms with Crippen molar-refractivity contribution in [3.63, 3.8) is 0 Å². The Morgan fingerprint density at radius 1 is 1.04 bits per heavy atom. The van der Waals surface area contributed by atoms with Crippen LogP contribution in [0.3, 0.4) is 0 Å². The summed E-state index contributed by atoms with van der Waals surface area (Å²) in [5.41, 5.74) is 2.49. The SMILES string of the molecule is Cc1oc2cc3oc(=O)c(CC(=O)NCCCC(=O)[O-])c(C)c3cc2c1C. The first-order valence-electron chi connectivity index (χ1n) is 8.70. The Morgan fingerprint density at radius 2 is 1.70 bits per heavy atom. The quantitative estimate of drug-likeness (QED) is 0.521. The van der Waals surface area contributed by atoms with Crippen LogP contribution in [0, 0.1) is 20.8 Å². The summed E-state index contributed by atoms with van der Waals surface area (Å²) in [6.45, 7) is 5.83. The molecule has 1 amide bonds. The zero-order valence-corrected chi connectivity index (χ0v) is 15.4. The van der Waals surface area contributed by atoms with Crippen LogP contribution < -0.4 is 16.0 Å². The Labute approximate surface area is 155 Å². The van der Waals surface area contributed by atoms with Crippen molar-refractivity contribution in [3.8, 4) is 0 Å². The van der Waals surface area contributed by atoms with Gasteiger partial charge in [-0.2, -0.15) is 0 Å². The summed E-state index contributed by atoms with van der Waals surface area (Å²) in [6.07, 6.45) is 0.0181. The number of hydrogen-bond donors (Lipinski definition) is 1. The summed E-state index contributed by atoms with van der Waals surface area (Å²) in [5.74, 6) is -0.720. The van der Waals surface area contributed by atoms with E-state index in [-0.39, 0.29) is 37.3 Å². The molecule has 7 heteroatoms. The summed E-state index contributed by atoms with van der Waals surface area (Å²) in [7, 11) is 0. The first-order valence-corrected chi connectivity index (χ1v) is 8.70. The Kier molecular flexibility index (Phi) is 5.03. The maximum absolute atomic E-state index is 12.4. The predicted octanol–water partition coefficient (Wildman–Crippen LogP) is 1.65. The first-order chi connectivity index (χ1) is 12.8. The number of benzene rings is 1. The van der Waals surface area contributed by atoms with Crippen LogP contribution in [0.25, 0.3) is 21.9 Å².